The summed E-state index contributed by atoms with van der Waals surface area (Å²) >= 11 is 1.46. The van der Waals surface area contributed by atoms with E-state index in [2.05, 4.69) is 18.7 Å². The van der Waals surface area contributed by atoms with E-state index >= 15 is 0 Å². The zero-order chi connectivity index (χ0) is 12.8. The third-order valence-corrected chi connectivity index (χ3v) is 3.99. The SMILES string of the molecule is CC(C)CN1CCOC(CSC(C)C(=O)O)C1. The fraction of sp³-hybridized carbons (Fsp3) is 0.917. The third-order valence-electron chi connectivity index (χ3n) is 2.73. The summed E-state index contributed by atoms with van der Waals surface area (Å²) in [5, 5.41) is 8.46. The predicted molar refractivity (Wildman–Crippen MR) is 70.6 cm³/mol. The smallest absolute Gasteiger partial charge is 0.316 e. The van der Waals surface area contributed by atoms with Gasteiger partial charge in [0.25, 0.3) is 0 Å². The lowest BCUT2D eigenvalue weighted by molar-refractivity contribution is -0.136. The Kier molecular flexibility index (Phi) is 6.30. The standard InChI is InChI=1S/C12H23NO3S/c1-9(2)6-13-4-5-16-11(7-13)8-17-10(3)12(14)15/h9-11H,4-8H2,1-3H3,(H,14,15). The second kappa shape index (κ2) is 7.24. The maximum atomic E-state index is 10.7. The molecule has 1 heterocycles. The summed E-state index contributed by atoms with van der Waals surface area (Å²) in [7, 11) is 0. The summed E-state index contributed by atoms with van der Waals surface area (Å²) < 4.78 is 5.66. The zero-order valence-corrected chi connectivity index (χ0v) is 11.7. The largest absolute Gasteiger partial charge is 0.480 e. The number of hydrogen-bond donors (Lipinski definition) is 1. The van der Waals surface area contributed by atoms with Crippen LogP contribution in [0.4, 0.5) is 0 Å². The normalized spacial score (nSPS) is 23.9. The number of rotatable bonds is 6. The van der Waals surface area contributed by atoms with E-state index in [4.69, 9.17) is 9.84 Å². The van der Waals surface area contributed by atoms with Crippen LogP contribution in [-0.2, 0) is 9.53 Å². The van der Waals surface area contributed by atoms with Crippen LogP contribution in [-0.4, -0.2) is 59.3 Å². The van der Waals surface area contributed by atoms with E-state index in [9.17, 15) is 4.79 Å². The van der Waals surface area contributed by atoms with Gasteiger partial charge in [-0.1, -0.05) is 13.8 Å². The molecule has 100 valence electrons. The van der Waals surface area contributed by atoms with Crippen molar-refractivity contribution in [3.8, 4) is 0 Å². The van der Waals surface area contributed by atoms with E-state index in [0.717, 1.165) is 32.0 Å². The predicted octanol–water partition coefficient (Wildman–Crippen LogP) is 1.55. The van der Waals surface area contributed by atoms with Gasteiger partial charge in [-0.3, -0.25) is 9.69 Å². The van der Waals surface area contributed by atoms with Crippen LogP contribution < -0.4 is 0 Å². The van der Waals surface area contributed by atoms with Crippen molar-refractivity contribution < 1.29 is 14.6 Å². The van der Waals surface area contributed by atoms with Gasteiger partial charge in [-0.2, -0.15) is 0 Å². The molecule has 1 rings (SSSR count). The van der Waals surface area contributed by atoms with Crippen molar-refractivity contribution in [2.24, 2.45) is 5.92 Å². The molecule has 1 aliphatic rings. The number of carboxylic acids is 1. The number of nitrogens with zero attached hydrogens (tertiary/aromatic N) is 1. The maximum absolute atomic E-state index is 10.7. The van der Waals surface area contributed by atoms with Crippen molar-refractivity contribution in [1.29, 1.82) is 0 Å². The van der Waals surface area contributed by atoms with Gasteiger partial charge in [-0.05, 0) is 12.8 Å². The molecule has 5 heteroatoms. The molecule has 2 atom stereocenters. The van der Waals surface area contributed by atoms with Crippen LogP contribution in [0.5, 0.6) is 0 Å². The van der Waals surface area contributed by atoms with E-state index in [1.807, 2.05) is 0 Å². The third kappa shape index (κ3) is 5.75. The second-order valence-electron chi connectivity index (χ2n) is 4.96. The van der Waals surface area contributed by atoms with Crippen LogP contribution in [0.1, 0.15) is 20.8 Å². The van der Waals surface area contributed by atoms with Gasteiger partial charge in [0, 0.05) is 25.4 Å². The van der Waals surface area contributed by atoms with Crippen molar-refractivity contribution in [3.63, 3.8) is 0 Å². The first kappa shape index (κ1) is 14.8. The topological polar surface area (TPSA) is 49.8 Å². The minimum atomic E-state index is -0.746. The number of aliphatic carboxylic acids is 1. The van der Waals surface area contributed by atoms with Crippen LogP contribution in [0.25, 0.3) is 0 Å². The maximum Gasteiger partial charge on any atom is 0.316 e. The number of carbonyl (C=O) groups is 1. The molecule has 0 radical (unpaired) electrons. The van der Waals surface area contributed by atoms with Crippen molar-refractivity contribution in [3.05, 3.63) is 0 Å². The van der Waals surface area contributed by atoms with Gasteiger partial charge in [0.1, 0.15) is 0 Å². The Morgan fingerprint density at radius 1 is 1.53 bits per heavy atom. The highest BCUT2D eigenvalue weighted by atomic mass is 32.2. The lowest BCUT2D eigenvalue weighted by atomic mass is 10.2. The molecule has 0 aliphatic carbocycles. The van der Waals surface area contributed by atoms with Gasteiger partial charge >= 0.3 is 5.97 Å². The summed E-state index contributed by atoms with van der Waals surface area (Å²) in [5.74, 6) is 0.686. The first-order valence-electron chi connectivity index (χ1n) is 6.17. The highest BCUT2D eigenvalue weighted by molar-refractivity contribution is 8.00. The summed E-state index contributed by atoms with van der Waals surface area (Å²) in [6.07, 6.45) is 0.175. The molecule has 2 unspecified atom stereocenters. The molecule has 0 aromatic carbocycles. The van der Waals surface area contributed by atoms with E-state index < -0.39 is 5.97 Å². The Morgan fingerprint density at radius 2 is 2.24 bits per heavy atom. The Hall–Kier alpha value is -0.260. The molecular formula is C12H23NO3S. The van der Waals surface area contributed by atoms with Gasteiger partial charge in [0.15, 0.2) is 0 Å². The minimum absolute atomic E-state index is 0.175. The molecule has 1 saturated heterocycles. The van der Waals surface area contributed by atoms with Crippen molar-refractivity contribution in [2.45, 2.75) is 32.1 Å². The van der Waals surface area contributed by atoms with Gasteiger partial charge in [-0.15, -0.1) is 11.8 Å². The van der Waals surface area contributed by atoms with Gasteiger partial charge < -0.3 is 9.84 Å². The van der Waals surface area contributed by atoms with Crippen LogP contribution in [0.2, 0.25) is 0 Å². The highest BCUT2D eigenvalue weighted by Gasteiger charge is 2.22. The molecule has 1 fully saturated rings. The molecule has 1 N–H and O–H groups in total. The number of hydrogen-bond acceptors (Lipinski definition) is 4. The molecular weight excluding hydrogens is 238 g/mol. The fourth-order valence-corrected chi connectivity index (χ4v) is 2.73. The van der Waals surface area contributed by atoms with Crippen molar-refractivity contribution >= 4 is 17.7 Å². The minimum Gasteiger partial charge on any atom is -0.480 e. The monoisotopic (exact) mass is 261 g/mol. The molecule has 0 saturated carbocycles. The molecule has 0 bridgehead atoms. The number of ether oxygens (including phenoxy) is 1. The van der Waals surface area contributed by atoms with Gasteiger partial charge in [0.05, 0.1) is 18.0 Å². The fourth-order valence-electron chi connectivity index (χ4n) is 1.89. The molecule has 0 amide bonds. The van der Waals surface area contributed by atoms with Gasteiger partial charge in [-0.25, -0.2) is 0 Å². The quantitative estimate of drug-likeness (QED) is 0.786. The first-order valence-corrected chi connectivity index (χ1v) is 7.22. The molecule has 1 aliphatic heterocycles. The van der Waals surface area contributed by atoms with Crippen molar-refractivity contribution in [2.75, 3.05) is 32.0 Å². The molecule has 17 heavy (non-hydrogen) atoms. The van der Waals surface area contributed by atoms with E-state index in [-0.39, 0.29) is 11.4 Å². The van der Waals surface area contributed by atoms with Crippen LogP contribution >= 0.6 is 11.8 Å². The van der Waals surface area contributed by atoms with E-state index in [1.54, 1.807) is 6.92 Å². The van der Waals surface area contributed by atoms with E-state index in [0.29, 0.717) is 5.92 Å². The Labute approximate surface area is 108 Å². The Bertz CT molecular complexity index is 248. The molecule has 0 aromatic heterocycles. The average molecular weight is 261 g/mol. The lowest BCUT2D eigenvalue weighted by Gasteiger charge is -2.34. The molecule has 0 spiro atoms. The first-order chi connectivity index (χ1) is 7.99. The number of carboxylic acid groups (broad SMARTS) is 1. The Morgan fingerprint density at radius 3 is 2.82 bits per heavy atom. The van der Waals surface area contributed by atoms with Crippen molar-refractivity contribution in [1.82, 2.24) is 4.90 Å². The summed E-state index contributed by atoms with van der Waals surface area (Å²) in [6.45, 7) is 9.93. The molecule has 0 aromatic rings. The van der Waals surface area contributed by atoms with E-state index in [1.165, 1.54) is 11.8 Å². The number of morpholine rings is 1. The summed E-state index contributed by atoms with van der Waals surface area (Å²) in [4.78, 5) is 13.1. The Balaban J connectivity index is 2.27. The van der Waals surface area contributed by atoms with Crippen LogP contribution in [0.3, 0.4) is 0 Å². The zero-order valence-electron chi connectivity index (χ0n) is 10.9. The second-order valence-corrected chi connectivity index (χ2v) is 6.33. The molecule has 4 nitrogen and oxygen atoms in total. The highest BCUT2D eigenvalue weighted by Crippen LogP contribution is 2.17. The van der Waals surface area contributed by atoms with Gasteiger partial charge in [0.2, 0.25) is 0 Å². The summed E-state index contributed by atoms with van der Waals surface area (Å²) in [5.41, 5.74) is 0. The summed E-state index contributed by atoms with van der Waals surface area (Å²) in [6, 6.07) is 0. The lowest BCUT2D eigenvalue weighted by Crippen LogP contribution is -2.45. The number of thioether (sulfide) groups is 1. The van der Waals surface area contributed by atoms with Crippen LogP contribution in [0, 0.1) is 5.92 Å². The van der Waals surface area contributed by atoms with Crippen LogP contribution in [0.15, 0.2) is 0 Å². The average Bonchev–Trinajstić information content (AvgIpc) is 2.25.